The van der Waals surface area contributed by atoms with E-state index in [9.17, 15) is 9.90 Å². The van der Waals surface area contributed by atoms with Crippen LogP contribution in [0.2, 0.25) is 0 Å². The van der Waals surface area contributed by atoms with Crippen LogP contribution in [-0.2, 0) is 10.4 Å². The van der Waals surface area contributed by atoms with Gasteiger partial charge in [-0.05, 0) is 31.5 Å². The third-order valence-corrected chi connectivity index (χ3v) is 6.81. The molecule has 0 bridgehead atoms. The summed E-state index contributed by atoms with van der Waals surface area (Å²) < 4.78 is 1.87. The zero-order valence-electron chi connectivity index (χ0n) is 19.1. The van der Waals surface area contributed by atoms with Gasteiger partial charge in [-0.2, -0.15) is 5.10 Å². The van der Waals surface area contributed by atoms with E-state index in [0.29, 0.717) is 30.2 Å². The molecule has 5 rings (SSSR count). The zero-order valence-corrected chi connectivity index (χ0v) is 20.0. The Kier molecular flexibility index (Phi) is 5.62. The zero-order chi connectivity index (χ0) is 23.9. The number of nitrogens with zero attached hydrogens (tertiary/aromatic N) is 6. The van der Waals surface area contributed by atoms with Gasteiger partial charge >= 0.3 is 0 Å². The molecule has 34 heavy (non-hydrogen) atoms. The van der Waals surface area contributed by atoms with Gasteiger partial charge in [-0.15, -0.1) is 11.3 Å². The Hall–Kier alpha value is -3.63. The summed E-state index contributed by atoms with van der Waals surface area (Å²) in [6.07, 6.45) is 3.81. The van der Waals surface area contributed by atoms with Gasteiger partial charge in [0.2, 0.25) is 5.95 Å². The number of aromatic nitrogens is 5. The van der Waals surface area contributed by atoms with Crippen molar-refractivity contribution in [3.05, 3.63) is 59.7 Å². The number of carbonyl (C=O) groups is 1. The van der Waals surface area contributed by atoms with E-state index < -0.39 is 5.60 Å². The van der Waals surface area contributed by atoms with Gasteiger partial charge in [-0.25, -0.2) is 19.6 Å². The molecule has 0 saturated carbocycles. The van der Waals surface area contributed by atoms with Crippen molar-refractivity contribution in [2.45, 2.75) is 31.9 Å². The van der Waals surface area contributed by atoms with E-state index in [4.69, 9.17) is 4.98 Å². The first-order chi connectivity index (χ1) is 16.3. The van der Waals surface area contributed by atoms with E-state index >= 15 is 0 Å². The Morgan fingerprint density at radius 1 is 1.15 bits per heavy atom. The van der Waals surface area contributed by atoms with Gasteiger partial charge in [0.1, 0.15) is 16.5 Å². The van der Waals surface area contributed by atoms with Gasteiger partial charge in [0.15, 0.2) is 5.60 Å². The summed E-state index contributed by atoms with van der Waals surface area (Å²) in [5, 5.41) is 21.3. The Morgan fingerprint density at radius 3 is 2.76 bits per heavy atom. The van der Waals surface area contributed by atoms with E-state index in [1.54, 1.807) is 30.4 Å². The Bertz CT molecular complexity index is 1350. The molecule has 2 N–H and O–H groups in total. The maximum atomic E-state index is 12.5. The summed E-state index contributed by atoms with van der Waals surface area (Å²) >= 11 is 1.48. The summed E-state index contributed by atoms with van der Waals surface area (Å²) in [5.41, 5.74) is 1.37. The van der Waals surface area contributed by atoms with E-state index in [1.807, 2.05) is 40.4 Å². The van der Waals surface area contributed by atoms with Gasteiger partial charge in [0.25, 0.3) is 5.91 Å². The van der Waals surface area contributed by atoms with Gasteiger partial charge in [0, 0.05) is 49.3 Å². The first-order valence-electron chi connectivity index (χ1n) is 11.0. The fourth-order valence-electron chi connectivity index (χ4n) is 4.06. The molecule has 1 atom stereocenters. The highest BCUT2D eigenvalue weighted by Gasteiger charge is 2.45. The number of hydrogen-bond acceptors (Lipinski definition) is 8. The molecule has 0 unspecified atom stereocenters. The summed E-state index contributed by atoms with van der Waals surface area (Å²) in [5.74, 6) is 1.000. The summed E-state index contributed by atoms with van der Waals surface area (Å²) in [4.78, 5) is 27.8. The van der Waals surface area contributed by atoms with Crippen LogP contribution in [-0.4, -0.2) is 54.2 Å². The highest BCUT2D eigenvalue weighted by atomic mass is 32.1. The SMILES string of the molecule is CC(C)n1nccc1Nc1nccc(-c2csc(-c3cccc([C@]4(O)CCN(C)C4=O)c3)n2)n1. The third kappa shape index (κ3) is 3.95. The van der Waals surface area contributed by atoms with E-state index in [2.05, 4.69) is 34.2 Å². The number of amides is 1. The van der Waals surface area contributed by atoms with Gasteiger partial charge in [-0.3, -0.25) is 4.79 Å². The molecule has 4 aromatic rings. The molecule has 10 heteroatoms. The van der Waals surface area contributed by atoms with Crippen LogP contribution in [0, 0.1) is 0 Å². The minimum atomic E-state index is -1.49. The summed E-state index contributed by atoms with van der Waals surface area (Å²) in [7, 11) is 1.71. The normalized spacial score (nSPS) is 18.1. The third-order valence-electron chi connectivity index (χ3n) is 5.92. The molecule has 3 aromatic heterocycles. The van der Waals surface area contributed by atoms with Crippen molar-refractivity contribution in [3.8, 4) is 22.0 Å². The van der Waals surface area contributed by atoms with Crippen LogP contribution in [0.15, 0.2) is 54.2 Å². The molecule has 1 aliphatic rings. The van der Waals surface area contributed by atoms with Crippen molar-refractivity contribution in [1.29, 1.82) is 0 Å². The molecule has 1 aromatic carbocycles. The lowest BCUT2D eigenvalue weighted by Gasteiger charge is -2.21. The van der Waals surface area contributed by atoms with E-state index in [1.165, 1.54) is 11.3 Å². The lowest BCUT2D eigenvalue weighted by molar-refractivity contribution is -0.143. The molecule has 4 heterocycles. The minimum absolute atomic E-state index is 0.204. The van der Waals surface area contributed by atoms with E-state index in [0.717, 1.165) is 22.1 Å². The number of nitrogens with one attached hydrogen (secondary N) is 1. The first kappa shape index (κ1) is 22.2. The van der Waals surface area contributed by atoms with Crippen molar-refractivity contribution >= 4 is 29.0 Å². The molecule has 1 saturated heterocycles. The molecule has 1 amide bonds. The smallest absolute Gasteiger partial charge is 0.258 e. The molecule has 174 valence electrons. The Balaban J connectivity index is 1.40. The molecule has 0 spiro atoms. The average molecular weight is 476 g/mol. The number of carbonyl (C=O) groups excluding carboxylic acids is 1. The number of rotatable bonds is 6. The number of likely N-dealkylation sites (tertiary alicyclic amines) is 1. The van der Waals surface area contributed by atoms with Gasteiger partial charge < -0.3 is 15.3 Å². The minimum Gasteiger partial charge on any atom is -0.375 e. The lowest BCUT2D eigenvalue weighted by Crippen LogP contribution is -2.36. The quantitative estimate of drug-likeness (QED) is 0.436. The van der Waals surface area contributed by atoms with E-state index in [-0.39, 0.29) is 11.9 Å². The maximum Gasteiger partial charge on any atom is 0.258 e. The van der Waals surface area contributed by atoms with Crippen molar-refractivity contribution in [1.82, 2.24) is 29.6 Å². The molecule has 1 aliphatic heterocycles. The van der Waals surface area contributed by atoms with Crippen LogP contribution >= 0.6 is 11.3 Å². The molecule has 9 nitrogen and oxygen atoms in total. The fourth-order valence-corrected chi connectivity index (χ4v) is 4.87. The number of thiazole rings is 1. The molecule has 0 aliphatic carbocycles. The largest absolute Gasteiger partial charge is 0.375 e. The standard InChI is InChI=1S/C24H25N7O2S/c1-15(2)31-20(8-11-26-31)29-23-25-10-7-18(28-23)19-14-34-21(27-19)16-5-4-6-17(13-16)24(33)9-12-30(3)22(24)32/h4-8,10-11,13-15,33H,9,12H2,1-3H3,(H,25,28,29)/t24-/m1/s1. The van der Waals surface area contributed by atoms with Crippen LogP contribution in [0.1, 0.15) is 31.9 Å². The van der Waals surface area contributed by atoms with Crippen LogP contribution in [0.5, 0.6) is 0 Å². The fraction of sp³-hybridized carbons (Fsp3) is 0.292. The number of benzene rings is 1. The van der Waals surface area contributed by atoms with Crippen molar-refractivity contribution in [3.63, 3.8) is 0 Å². The van der Waals surface area contributed by atoms with Crippen molar-refractivity contribution in [2.75, 3.05) is 18.9 Å². The predicted molar refractivity (Wildman–Crippen MR) is 131 cm³/mol. The Labute approximate surface area is 201 Å². The van der Waals surface area contributed by atoms with Crippen molar-refractivity contribution in [2.24, 2.45) is 0 Å². The van der Waals surface area contributed by atoms with Crippen LogP contribution in [0.25, 0.3) is 22.0 Å². The topological polar surface area (TPSA) is 109 Å². The Morgan fingerprint density at radius 2 is 2.00 bits per heavy atom. The molecule has 0 radical (unpaired) electrons. The second kappa shape index (κ2) is 8.62. The maximum absolute atomic E-state index is 12.5. The number of likely N-dealkylation sites (N-methyl/N-ethyl adjacent to an activating group) is 1. The number of aliphatic hydroxyl groups is 1. The van der Waals surface area contributed by atoms with Crippen LogP contribution in [0.4, 0.5) is 11.8 Å². The van der Waals surface area contributed by atoms with Crippen molar-refractivity contribution < 1.29 is 9.90 Å². The number of anilines is 2. The molecular formula is C24H25N7O2S. The average Bonchev–Trinajstić information content (AvgIpc) is 3.57. The second-order valence-corrected chi connectivity index (χ2v) is 9.46. The monoisotopic (exact) mass is 475 g/mol. The van der Waals surface area contributed by atoms with Crippen LogP contribution in [0.3, 0.4) is 0 Å². The second-order valence-electron chi connectivity index (χ2n) is 8.60. The first-order valence-corrected chi connectivity index (χ1v) is 11.9. The molecule has 1 fully saturated rings. The number of hydrogen-bond donors (Lipinski definition) is 2. The van der Waals surface area contributed by atoms with Gasteiger partial charge in [0.05, 0.1) is 11.9 Å². The highest BCUT2D eigenvalue weighted by Crippen LogP contribution is 2.36. The molecular weight excluding hydrogens is 450 g/mol. The summed E-state index contributed by atoms with van der Waals surface area (Å²) in [6.45, 7) is 4.64. The highest BCUT2D eigenvalue weighted by molar-refractivity contribution is 7.13. The van der Waals surface area contributed by atoms with Gasteiger partial charge in [-0.1, -0.05) is 18.2 Å². The predicted octanol–water partition coefficient (Wildman–Crippen LogP) is 3.84. The van der Waals surface area contributed by atoms with Crippen LogP contribution < -0.4 is 5.32 Å². The summed E-state index contributed by atoms with van der Waals surface area (Å²) in [6, 6.07) is 11.3. The lowest BCUT2D eigenvalue weighted by atomic mass is 9.91.